The Labute approximate surface area is 110 Å². The zero-order valence-electron chi connectivity index (χ0n) is 11.4. The topological polar surface area (TPSA) is 72.2 Å². The Balaban J connectivity index is 2.87. The van der Waals surface area contributed by atoms with Gasteiger partial charge in [0.25, 0.3) is 0 Å². The normalized spacial score (nSPS) is 13.6. The van der Waals surface area contributed by atoms with Crippen molar-refractivity contribution in [2.75, 3.05) is 17.3 Å². The number of benzene rings is 1. The number of nitrogen functional groups attached to an aromatic ring is 1. The maximum absolute atomic E-state index is 11.4. The molecule has 0 saturated carbocycles. The fraction of sp³-hybridized carbons (Fsp3) is 0.538. The molecule has 0 fully saturated rings. The van der Waals surface area contributed by atoms with Crippen molar-refractivity contribution in [3.8, 4) is 0 Å². The Morgan fingerprint density at radius 3 is 2.33 bits per heavy atom. The molecule has 5 heteroatoms. The largest absolute Gasteiger partial charge is 0.397 e. The minimum atomic E-state index is -3.20. The van der Waals surface area contributed by atoms with E-state index in [2.05, 4.69) is 26.1 Å². The third-order valence-electron chi connectivity index (χ3n) is 2.68. The molecule has 0 bridgehead atoms. The van der Waals surface area contributed by atoms with Gasteiger partial charge in [-0.2, -0.15) is 0 Å². The lowest BCUT2D eigenvalue weighted by Gasteiger charge is -2.18. The Hall–Kier alpha value is -1.23. The first-order valence-electron chi connectivity index (χ1n) is 6.06. The van der Waals surface area contributed by atoms with Gasteiger partial charge in [-0.3, -0.25) is 0 Å². The molecule has 1 unspecified atom stereocenters. The van der Waals surface area contributed by atoms with E-state index in [9.17, 15) is 8.42 Å². The number of anilines is 2. The van der Waals surface area contributed by atoms with Gasteiger partial charge in [0.1, 0.15) is 0 Å². The molecule has 0 spiro atoms. The average molecular weight is 270 g/mol. The van der Waals surface area contributed by atoms with Crippen LogP contribution in [0.3, 0.4) is 0 Å². The molecule has 0 aromatic heterocycles. The SMILES string of the molecule is CC(C)CC(C)Nc1ccc(S(C)(=O)=O)cc1N. The second-order valence-corrected chi connectivity index (χ2v) is 7.21. The van der Waals surface area contributed by atoms with Crippen molar-refractivity contribution in [1.29, 1.82) is 0 Å². The molecule has 1 aromatic carbocycles. The molecule has 4 nitrogen and oxygen atoms in total. The van der Waals surface area contributed by atoms with Crippen LogP contribution in [0, 0.1) is 5.92 Å². The number of sulfone groups is 1. The molecule has 0 amide bonds. The number of hydrogen-bond donors (Lipinski definition) is 2. The monoisotopic (exact) mass is 270 g/mol. The Morgan fingerprint density at radius 1 is 1.28 bits per heavy atom. The zero-order chi connectivity index (χ0) is 13.9. The quantitative estimate of drug-likeness (QED) is 0.806. The summed E-state index contributed by atoms with van der Waals surface area (Å²) in [5.74, 6) is 0.601. The van der Waals surface area contributed by atoms with Crippen molar-refractivity contribution in [3.05, 3.63) is 18.2 Å². The molecule has 0 aliphatic carbocycles. The summed E-state index contributed by atoms with van der Waals surface area (Å²) in [6.07, 6.45) is 2.21. The highest BCUT2D eigenvalue weighted by Crippen LogP contribution is 2.24. The molecule has 1 aromatic rings. The highest BCUT2D eigenvalue weighted by molar-refractivity contribution is 7.90. The second-order valence-electron chi connectivity index (χ2n) is 5.20. The van der Waals surface area contributed by atoms with Crippen LogP contribution in [0.4, 0.5) is 11.4 Å². The lowest BCUT2D eigenvalue weighted by molar-refractivity contribution is 0.540. The Bertz CT molecular complexity index is 510. The van der Waals surface area contributed by atoms with E-state index in [0.29, 0.717) is 17.6 Å². The van der Waals surface area contributed by atoms with Gasteiger partial charge in [0.15, 0.2) is 9.84 Å². The van der Waals surface area contributed by atoms with Gasteiger partial charge >= 0.3 is 0 Å². The highest BCUT2D eigenvalue weighted by Gasteiger charge is 2.11. The van der Waals surface area contributed by atoms with E-state index in [1.165, 1.54) is 12.3 Å². The van der Waals surface area contributed by atoms with E-state index in [1.807, 2.05) is 0 Å². The smallest absolute Gasteiger partial charge is 0.175 e. The molecule has 1 rings (SSSR count). The van der Waals surface area contributed by atoms with Gasteiger partial charge in [-0.25, -0.2) is 8.42 Å². The molecule has 0 aliphatic heterocycles. The summed E-state index contributed by atoms with van der Waals surface area (Å²) in [4.78, 5) is 0.252. The standard InChI is InChI=1S/C13H22N2O2S/c1-9(2)7-10(3)15-13-6-5-11(8-12(13)14)18(4,16)17/h5-6,8-10,15H,7,14H2,1-4H3. The van der Waals surface area contributed by atoms with Gasteiger partial charge in [-0.05, 0) is 37.5 Å². The van der Waals surface area contributed by atoms with Crippen LogP contribution in [0.2, 0.25) is 0 Å². The van der Waals surface area contributed by atoms with Crippen molar-refractivity contribution in [2.45, 2.75) is 38.1 Å². The molecule has 102 valence electrons. The van der Waals surface area contributed by atoms with Crippen LogP contribution in [0.25, 0.3) is 0 Å². The summed E-state index contributed by atoms with van der Waals surface area (Å²) in [7, 11) is -3.20. The van der Waals surface area contributed by atoms with E-state index < -0.39 is 9.84 Å². The molecule has 1 atom stereocenters. The first kappa shape index (κ1) is 14.8. The number of hydrogen-bond acceptors (Lipinski definition) is 4. The minimum Gasteiger partial charge on any atom is -0.397 e. The summed E-state index contributed by atoms with van der Waals surface area (Å²) >= 11 is 0. The first-order chi connectivity index (χ1) is 8.20. The third kappa shape index (κ3) is 4.22. The predicted octanol–water partition coefficient (Wildman–Crippen LogP) is 2.52. The molecule has 3 N–H and O–H groups in total. The van der Waals surface area contributed by atoms with Crippen LogP contribution < -0.4 is 11.1 Å². The molecule has 0 radical (unpaired) electrons. The fourth-order valence-corrected chi connectivity index (χ4v) is 2.59. The number of nitrogens with one attached hydrogen (secondary N) is 1. The Morgan fingerprint density at radius 2 is 1.89 bits per heavy atom. The second kappa shape index (κ2) is 5.61. The first-order valence-corrected chi connectivity index (χ1v) is 7.95. The summed E-state index contributed by atoms with van der Waals surface area (Å²) in [6, 6.07) is 5.11. The average Bonchev–Trinajstić information content (AvgIpc) is 2.18. The van der Waals surface area contributed by atoms with Gasteiger partial charge in [0, 0.05) is 12.3 Å². The van der Waals surface area contributed by atoms with Crippen LogP contribution in [0.5, 0.6) is 0 Å². The Kier molecular flexibility index (Phi) is 4.62. The van der Waals surface area contributed by atoms with Gasteiger partial charge in [0.2, 0.25) is 0 Å². The molecule has 0 heterocycles. The van der Waals surface area contributed by atoms with Crippen molar-refractivity contribution in [3.63, 3.8) is 0 Å². The molecule has 18 heavy (non-hydrogen) atoms. The van der Waals surface area contributed by atoms with Crippen LogP contribution in [0.1, 0.15) is 27.2 Å². The number of rotatable bonds is 5. The molecule has 0 aliphatic rings. The van der Waals surface area contributed by atoms with E-state index in [1.54, 1.807) is 12.1 Å². The lowest BCUT2D eigenvalue weighted by atomic mass is 10.0. The summed E-state index contributed by atoms with van der Waals surface area (Å²) in [5, 5.41) is 3.30. The summed E-state index contributed by atoms with van der Waals surface area (Å²) < 4.78 is 22.8. The highest BCUT2D eigenvalue weighted by atomic mass is 32.2. The van der Waals surface area contributed by atoms with Crippen LogP contribution in [0.15, 0.2) is 23.1 Å². The summed E-state index contributed by atoms with van der Waals surface area (Å²) in [6.45, 7) is 6.41. The van der Waals surface area contributed by atoms with E-state index in [-0.39, 0.29) is 4.90 Å². The van der Waals surface area contributed by atoms with Crippen molar-refractivity contribution in [1.82, 2.24) is 0 Å². The maximum Gasteiger partial charge on any atom is 0.175 e. The minimum absolute atomic E-state index is 0.252. The lowest BCUT2D eigenvalue weighted by Crippen LogP contribution is -2.18. The maximum atomic E-state index is 11.4. The van der Waals surface area contributed by atoms with Crippen LogP contribution in [-0.2, 0) is 9.84 Å². The van der Waals surface area contributed by atoms with Gasteiger partial charge in [0.05, 0.1) is 16.3 Å². The predicted molar refractivity (Wildman–Crippen MR) is 76.5 cm³/mol. The van der Waals surface area contributed by atoms with Crippen molar-refractivity contribution in [2.24, 2.45) is 5.92 Å². The van der Waals surface area contributed by atoms with Crippen LogP contribution in [-0.4, -0.2) is 20.7 Å². The van der Waals surface area contributed by atoms with Crippen molar-refractivity contribution < 1.29 is 8.42 Å². The molecular formula is C13H22N2O2S. The van der Waals surface area contributed by atoms with Gasteiger partial charge in [-0.15, -0.1) is 0 Å². The molecule has 0 saturated heterocycles. The zero-order valence-corrected chi connectivity index (χ0v) is 12.2. The fourth-order valence-electron chi connectivity index (χ4n) is 1.93. The number of nitrogens with two attached hydrogens (primary N) is 1. The van der Waals surface area contributed by atoms with E-state index >= 15 is 0 Å². The third-order valence-corrected chi connectivity index (χ3v) is 3.79. The van der Waals surface area contributed by atoms with E-state index in [4.69, 9.17) is 5.73 Å². The summed E-state index contributed by atoms with van der Waals surface area (Å²) in [5.41, 5.74) is 7.12. The van der Waals surface area contributed by atoms with Crippen molar-refractivity contribution >= 4 is 21.2 Å². The van der Waals surface area contributed by atoms with E-state index in [0.717, 1.165) is 12.1 Å². The van der Waals surface area contributed by atoms with Crippen LogP contribution >= 0.6 is 0 Å². The molecular weight excluding hydrogens is 248 g/mol. The van der Waals surface area contributed by atoms with Gasteiger partial charge < -0.3 is 11.1 Å². The van der Waals surface area contributed by atoms with Gasteiger partial charge in [-0.1, -0.05) is 13.8 Å².